The fourth-order valence-electron chi connectivity index (χ4n) is 2.33. The number of hydrogen-bond acceptors (Lipinski definition) is 6. The fourth-order valence-corrected chi connectivity index (χ4v) is 2.33. The van der Waals surface area contributed by atoms with Crippen molar-refractivity contribution >= 4 is 17.9 Å². The van der Waals surface area contributed by atoms with Crippen molar-refractivity contribution in [1.29, 1.82) is 0 Å². The molecule has 0 aromatic carbocycles. The number of fused-ring (bicyclic) bond motifs is 1. The van der Waals surface area contributed by atoms with Crippen LogP contribution in [-0.4, -0.2) is 29.3 Å². The highest BCUT2D eigenvalue weighted by Crippen LogP contribution is 2.48. The first kappa shape index (κ1) is 10.2. The summed E-state index contributed by atoms with van der Waals surface area (Å²) in [7, 11) is 0. The van der Waals surface area contributed by atoms with Crippen LogP contribution in [0.4, 0.5) is 0 Å². The van der Waals surface area contributed by atoms with Crippen LogP contribution in [0.15, 0.2) is 22.8 Å². The molecule has 0 aromatic rings. The minimum Gasteiger partial charge on any atom is -0.428 e. The van der Waals surface area contributed by atoms with Crippen molar-refractivity contribution < 1.29 is 29.0 Å². The highest BCUT2D eigenvalue weighted by Gasteiger charge is 2.55. The summed E-state index contributed by atoms with van der Waals surface area (Å²) in [4.78, 5) is 34.4. The van der Waals surface area contributed by atoms with E-state index in [2.05, 4.69) is 9.47 Å². The molecule has 2 heterocycles. The van der Waals surface area contributed by atoms with Crippen LogP contribution >= 0.6 is 0 Å². The highest BCUT2D eigenvalue weighted by atomic mass is 16.6. The maximum atomic E-state index is 11.6. The van der Waals surface area contributed by atoms with Gasteiger partial charge in [0.15, 0.2) is 0 Å². The van der Waals surface area contributed by atoms with Gasteiger partial charge in [-0.15, -0.1) is 0 Å². The lowest BCUT2D eigenvalue weighted by Crippen LogP contribution is -2.29. The monoisotopic (exact) mass is 236 g/mol. The van der Waals surface area contributed by atoms with Gasteiger partial charge >= 0.3 is 17.9 Å². The predicted octanol–water partition coefficient (Wildman–Crippen LogP) is -0.422. The highest BCUT2D eigenvalue weighted by molar-refractivity contribution is 6.12. The summed E-state index contributed by atoms with van der Waals surface area (Å²) < 4.78 is 9.16. The van der Waals surface area contributed by atoms with Crippen LogP contribution in [0.2, 0.25) is 0 Å². The standard InChI is InChI=1S/C11H8O6/c1-11-3-5-4(7(12)16-8(5)13)2-6(11)9(14)17-10(11)15/h2,8,13H,3H2,1H3. The van der Waals surface area contributed by atoms with Crippen LogP contribution in [0.3, 0.4) is 0 Å². The van der Waals surface area contributed by atoms with Crippen molar-refractivity contribution in [2.45, 2.75) is 19.6 Å². The molecule has 3 rings (SSSR count). The Balaban J connectivity index is 2.17. The van der Waals surface area contributed by atoms with Gasteiger partial charge in [0.2, 0.25) is 6.29 Å². The fraction of sp³-hybridized carbons (Fsp3) is 0.364. The Hall–Kier alpha value is -1.95. The minimum absolute atomic E-state index is 0.0612. The molecule has 0 radical (unpaired) electrons. The first-order valence-corrected chi connectivity index (χ1v) is 5.04. The molecule has 2 atom stereocenters. The second kappa shape index (κ2) is 2.84. The average molecular weight is 236 g/mol. The van der Waals surface area contributed by atoms with Crippen LogP contribution in [0.25, 0.3) is 0 Å². The molecule has 0 bridgehead atoms. The first-order chi connectivity index (χ1) is 7.93. The number of cyclic esters (lactones) is 3. The predicted molar refractivity (Wildman–Crippen MR) is 51.0 cm³/mol. The van der Waals surface area contributed by atoms with Crippen molar-refractivity contribution in [2.75, 3.05) is 0 Å². The van der Waals surface area contributed by atoms with E-state index >= 15 is 0 Å². The molecular formula is C11H8O6. The number of esters is 3. The Morgan fingerprint density at radius 1 is 1.35 bits per heavy atom. The largest absolute Gasteiger partial charge is 0.428 e. The normalized spacial score (nSPS) is 35.3. The molecule has 1 N–H and O–H groups in total. The third kappa shape index (κ3) is 1.10. The Morgan fingerprint density at radius 3 is 2.76 bits per heavy atom. The second-order valence-electron chi connectivity index (χ2n) is 4.44. The van der Waals surface area contributed by atoms with Gasteiger partial charge in [-0.1, -0.05) is 0 Å². The van der Waals surface area contributed by atoms with E-state index in [0.29, 0.717) is 5.57 Å². The van der Waals surface area contributed by atoms with E-state index in [1.54, 1.807) is 6.92 Å². The molecule has 0 amide bonds. The zero-order valence-corrected chi connectivity index (χ0v) is 8.85. The molecular weight excluding hydrogens is 228 g/mol. The van der Waals surface area contributed by atoms with Crippen LogP contribution < -0.4 is 0 Å². The van der Waals surface area contributed by atoms with Crippen LogP contribution in [0.1, 0.15) is 13.3 Å². The summed E-state index contributed by atoms with van der Waals surface area (Å²) in [6, 6.07) is 0. The molecule has 0 saturated carbocycles. The van der Waals surface area contributed by atoms with E-state index in [4.69, 9.17) is 0 Å². The quantitative estimate of drug-likeness (QED) is 0.453. The minimum atomic E-state index is -1.34. The molecule has 0 aromatic heterocycles. The van der Waals surface area contributed by atoms with Gasteiger partial charge in [-0.3, -0.25) is 4.79 Å². The number of ether oxygens (including phenoxy) is 2. The van der Waals surface area contributed by atoms with Gasteiger partial charge in [-0.25, -0.2) is 9.59 Å². The summed E-state index contributed by atoms with van der Waals surface area (Å²) >= 11 is 0. The Morgan fingerprint density at radius 2 is 2.06 bits per heavy atom. The van der Waals surface area contributed by atoms with E-state index in [1.807, 2.05) is 0 Å². The second-order valence-corrected chi connectivity index (χ2v) is 4.44. The van der Waals surface area contributed by atoms with Gasteiger partial charge in [0.05, 0.1) is 11.1 Å². The van der Waals surface area contributed by atoms with Crippen molar-refractivity contribution in [3.8, 4) is 0 Å². The van der Waals surface area contributed by atoms with E-state index in [1.165, 1.54) is 6.08 Å². The number of aliphatic hydroxyl groups excluding tert-OH is 1. The molecule has 1 fully saturated rings. The average Bonchev–Trinajstić information content (AvgIpc) is 2.63. The Labute approximate surface area is 95.5 Å². The van der Waals surface area contributed by atoms with Gasteiger partial charge in [0.1, 0.15) is 5.41 Å². The number of rotatable bonds is 0. The lowest BCUT2D eigenvalue weighted by atomic mass is 9.73. The van der Waals surface area contributed by atoms with Gasteiger partial charge in [-0.05, 0) is 19.4 Å². The smallest absolute Gasteiger partial charge is 0.342 e. The SMILES string of the molecule is CC12CC3=C(C=C1C(=O)OC2=O)C(=O)OC3O. The topological polar surface area (TPSA) is 89.9 Å². The molecule has 17 heavy (non-hydrogen) atoms. The maximum absolute atomic E-state index is 11.6. The van der Waals surface area contributed by atoms with Crippen molar-refractivity contribution in [2.24, 2.45) is 5.41 Å². The summed E-state index contributed by atoms with van der Waals surface area (Å²) in [6.45, 7) is 1.55. The van der Waals surface area contributed by atoms with Gasteiger partial charge in [0, 0.05) is 5.57 Å². The lowest BCUT2D eigenvalue weighted by molar-refractivity contribution is -0.154. The van der Waals surface area contributed by atoms with E-state index < -0.39 is 29.6 Å². The third-order valence-electron chi connectivity index (χ3n) is 3.37. The number of carbonyl (C=O) groups is 3. The van der Waals surface area contributed by atoms with Crippen molar-refractivity contribution in [1.82, 2.24) is 0 Å². The van der Waals surface area contributed by atoms with Crippen molar-refractivity contribution in [3.63, 3.8) is 0 Å². The van der Waals surface area contributed by atoms with Gasteiger partial charge < -0.3 is 14.6 Å². The number of carbonyl (C=O) groups excluding carboxylic acids is 3. The van der Waals surface area contributed by atoms with E-state index in [0.717, 1.165) is 0 Å². The van der Waals surface area contributed by atoms with Crippen molar-refractivity contribution in [3.05, 3.63) is 22.8 Å². The lowest BCUT2D eigenvalue weighted by Gasteiger charge is -2.24. The molecule has 6 nitrogen and oxygen atoms in total. The summed E-state index contributed by atoms with van der Waals surface area (Å²) in [5.74, 6) is -2.08. The van der Waals surface area contributed by atoms with Gasteiger partial charge in [0.25, 0.3) is 0 Å². The van der Waals surface area contributed by atoms with Crippen LogP contribution in [-0.2, 0) is 23.9 Å². The molecule has 3 aliphatic rings. The molecule has 1 saturated heterocycles. The maximum Gasteiger partial charge on any atom is 0.342 e. The Kier molecular flexibility index (Phi) is 1.70. The Bertz CT molecular complexity index is 540. The molecule has 6 heteroatoms. The summed E-state index contributed by atoms with van der Waals surface area (Å²) in [6.07, 6.45) is 0.00614. The summed E-state index contributed by atoms with van der Waals surface area (Å²) in [5, 5.41) is 9.51. The first-order valence-electron chi connectivity index (χ1n) is 5.04. The summed E-state index contributed by atoms with van der Waals surface area (Å²) in [5.41, 5.74) is -0.498. The van der Waals surface area contributed by atoms with E-state index in [9.17, 15) is 19.5 Å². The van der Waals surface area contributed by atoms with E-state index in [-0.39, 0.29) is 17.6 Å². The van der Waals surface area contributed by atoms with Crippen LogP contribution in [0, 0.1) is 5.41 Å². The molecule has 1 aliphatic carbocycles. The number of hydrogen-bond donors (Lipinski definition) is 1. The van der Waals surface area contributed by atoms with Gasteiger partial charge in [-0.2, -0.15) is 0 Å². The molecule has 2 unspecified atom stereocenters. The molecule has 0 spiro atoms. The number of aliphatic hydroxyl groups is 1. The zero-order valence-electron chi connectivity index (χ0n) is 8.85. The zero-order chi connectivity index (χ0) is 12.4. The molecule has 88 valence electrons. The third-order valence-corrected chi connectivity index (χ3v) is 3.37. The van der Waals surface area contributed by atoms with Crippen LogP contribution in [0.5, 0.6) is 0 Å². The molecule has 2 aliphatic heterocycles.